The maximum absolute atomic E-state index is 12.6. The number of fused-ring (bicyclic) bond motifs is 1. The number of hydrogen-bond donors (Lipinski definition) is 2. The molecule has 0 saturated heterocycles. The quantitative estimate of drug-likeness (QED) is 0.615. The molecule has 0 aliphatic rings. The van der Waals surface area contributed by atoms with E-state index in [1.807, 2.05) is 19.1 Å². The average Bonchev–Trinajstić information content (AvgIpc) is 3.21. The lowest BCUT2D eigenvalue weighted by molar-refractivity contribution is 0.0759. The van der Waals surface area contributed by atoms with Crippen LogP contribution in [0.3, 0.4) is 0 Å². The molecule has 10 heteroatoms. The monoisotopic (exact) mass is 413 g/mol. The van der Waals surface area contributed by atoms with Crippen molar-refractivity contribution in [1.29, 1.82) is 0 Å². The van der Waals surface area contributed by atoms with E-state index in [-0.39, 0.29) is 30.7 Å². The van der Waals surface area contributed by atoms with E-state index in [4.69, 9.17) is 5.73 Å². The summed E-state index contributed by atoms with van der Waals surface area (Å²) < 4.78 is 1.59. The molecule has 2 aromatic heterocycles. The summed E-state index contributed by atoms with van der Waals surface area (Å²) in [6, 6.07) is 6.12. The number of nitrogens with two attached hydrogens (primary N) is 1. The Morgan fingerprint density at radius 1 is 1.33 bits per heavy atom. The Bertz CT molecular complexity index is 877. The van der Waals surface area contributed by atoms with Gasteiger partial charge in [0.1, 0.15) is 5.82 Å². The van der Waals surface area contributed by atoms with E-state index in [0.29, 0.717) is 38.3 Å². The summed E-state index contributed by atoms with van der Waals surface area (Å²) in [4.78, 5) is 22.2. The first kappa shape index (κ1) is 22.9. The summed E-state index contributed by atoms with van der Waals surface area (Å²) in [6.45, 7) is 6.17. The molecule has 1 amide bonds. The van der Waals surface area contributed by atoms with Crippen molar-refractivity contribution >= 4 is 41.8 Å². The van der Waals surface area contributed by atoms with Crippen LogP contribution in [-0.2, 0) is 13.0 Å². The minimum absolute atomic E-state index is 0. The molecule has 0 spiro atoms. The van der Waals surface area contributed by atoms with Crippen molar-refractivity contribution in [2.75, 3.05) is 19.6 Å². The van der Waals surface area contributed by atoms with Gasteiger partial charge < -0.3 is 15.6 Å². The number of halogens is 2. The number of rotatable bonds is 7. The molecule has 1 aromatic carbocycles. The van der Waals surface area contributed by atoms with Gasteiger partial charge in [0.2, 0.25) is 0 Å². The van der Waals surface area contributed by atoms with Gasteiger partial charge in [-0.15, -0.1) is 29.9 Å². The van der Waals surface area contributed by atoms with Crippen LogP contribution in [0.4, 0.5) is 0 Å². The first-order chi connectivity index (χ1) is 12.1. The van der Waals surface area contributed by atoms with Crippen molar-refractivity contribution in [1.82, 2.24) is 29.9 Å². The minimum atomic E-state index is -0.127. The van der Waals surface area contributed by atoms with Gasteiger partial charge in [-0.2, -0.15) is 0 Å². The Kier molecular flexibility index (Phi) is 8.68. The fourth-order valence-electron chi connectivity index (χ4n) is 2.74. The average molecular weight is 414 g/mol. The number of H-pyrrole nitrogens is 1. The van der Waals surface area contributed by atoms with Crippen molar-refractivity contribution < 1.29 is 4.79 Å². The van der Waals surface area contributed by atoms with E-state index in [9.17, 15) is 4.79 Å². The number of nitrogens with one attached hydrogen (secondary N) is 1. The van der Waals surface area contributed by atoms with Gasteiger partial charge in [0.05, 0.1) is 23.8 Å². The molecule has 0 unspecified atom stereocenters. The lowest BCUT2D eigenvalue weighted by Crippen LogP contribution is -2.33. The van der Waals surface area contributed by atoms with E-state index >= 15 is 0 Å². The maximum atomic E-state index is 12.6. The lowest BCUT2D eigenvalue weighted by atomic mass is 10.2. The zero-order valence-electron chi connectivity index (χ0n) is 15.4. The van der Waals surface area contributed by atoms with Crippen LogP contribution in [0.15, 0.2) is 24.4 Å². The summed E-state index contributed by atoms with van der Waals surface area (Å²) in [5, 5.41) is 7.87. The smallest absolute Gasteiger partial charge is 0.276 e. The van der Waals surface area contributed by atoms with E-state index in [1.165, 1.54) is 5.56 Å². The van der Waals surface area contributed by atoms with Crippen LogP contribution in [0.2, 0.25) is 0 Å². The van der Waals surface area contributed by atoms with Gasteiger partial charge in [-0.25, -0.2) is 4.98 Å². The highest BCUT2D eigenvalue weighted by Crippen LogP contribution is 2.14. The number of amides is 1. The first-order valence-corrected chi connectivity index (χ1v) is 8.45. The molecule has 0 atom stereocenters. The molecule has 27 heavy (non-hydrogen) atoms. The Hall–Kier alpha value is -2.16. The van der Waals surface area contributed by atoms with E-state index in [2.05, 4.69) is 33.3 Å². The number of imidazole rings is 1. The second-order valence-electron chi connectivity index (χ2n) is 5.99. The van der Waals surface area contributed by atoms with Crippen molar-refractivity contribution in [3.63, 3.8) is 0 Å². The SMILES string of the molecule is CCN(CCc1nc2ccc(C)cc2[nH]1)C(=O)c1cn(CCN)nn1.Cl.Cl. The van der Waals surface area contributed by atoms with E-state index in [0.717, 1.165) is 16.9 Å². The topological polar surface area (TPSA) is 106 Å². The number of aromatic amines is 1. The van der Waals surface area contributed by atoms with Crippen molar-refractivity contribution in [2.45, 2.75) is 26.8 Å². The van der Waals surface area contributed by atoms with Gasteiger partial charge in [0.25, 0.3) is 5.91 Å². The molecule has 0 aliphatic heterocycles. The third-order valence-electron chi connectivity index (χ3n) is 4.09. The van der Waals surface area contributed by atoms with Gasteiger partial charge in [-0.05, 0) is 31.5 Å². The molecule has 0 saturated carbocycles. The predicted molar refractivity (Wildman–Crippen MR) is 110 cm³/mol. The van der Waals surface area contributed by atoms with Gasteiger partial charge in [-0.3, -0.25) is 9.48 Å². The third-order valence-corrected chi connectivity index (χ3v) is 4.09. The standard InChI is InChI=1S/C17H23N7O.2ClH/c1-3-23(17(25)15-11-24(9-7-18)22-21-15)8-6-16-19-13-5-4-12(2)10-14(13)20-16;;/h4-5,10-11H,3,6-9,18H2,1-2H3,(H,19,20);2*1H. The van der Waals surface area contributed by atoms with E-state index in [1.54, 1.807) is 15.8 Å². The molecular formula is C17H25Cl2N7O. The number of carbonyl (C=O) groups excluding carboxylic acids is 1. The van der Waals surface area contributed by atoms with Crippen molar-refractivity contribution in [3.05, 3.63) is 41.5 Å². The summed E-state index contributed by atoms with van der Waals surface area (Å²) in [5.74, 6) is 0.747. The minimum Gasteiger partial charge on any atom is -0.342 e. The summed E-state index contributed by atoms with van der Waals surface area (Å²) in [7, 11) is 0. The van der Waals surface area contributed by atoms with Gasteiger partial charge in [0.15, 0.2) is 5.69 Å². The molecule has 8 nitrogen and oxygen atoms in total. The molecule has 3 rings (SSSR count). The Balaban J connectivity index is 0.00000182. The molecule has 3 aromatic rings. The van der Waals surface area contributed by atoms with Gasteiger partial charge in [0, 0.05) is 26.1 Å². The molecule has 0 aliphatic carbocycles. The fourth-order valence-corrected chi connectivity index (χ4v) is 2.74. The number of aryl methyl sites for hydroxylation is 1. The molecule has 0 radical (unpaired) electrons. The Morgan fingerprint density at radius 2 is 2.11 bits per heavy atom. The number of benzene rings is 1. The second kappa shape index (κ2) is 10.2. The van der Waals surface area contributed by atoms with Crippen LogP contribution in [0.25, 0.3) is 11.0 Å². The highest BCUT2D eigenvalue weighted by molar-refractivity contribution is 5.91. The normalized spacial score (nSPS) is 10.3. The number of nitrogens with zero attached hydrogens (tertiary/aromatic N) is 5. The second-order valence-corrected chi connectivity index (χ2v) is 5.99. The van der Waals surface area contributed by atoms with Crippen LogP contribution in [0.5, 0.6) is 0 Å². The maximum Gasteiger partial charge on any atom is 0.276 e. The number of carbonyl (C=O) groups is 1. The van der Waals surface area contributed by atoms with Gasteiger partial charge in [-0.1, -0.05) is 11.3 Å². The van der Waals surface area contributed by atoms with Crippen LogP contribution < -0.4 is 5.73 Å². The third kappa shape index (κ3) is 5.41. The Morgan fingerprint density at radius 3 is 2.81 bits per heavy atom. The number of hydrogen-bond acceptors (Lipinski definition) is 5. The van der Waals surface area contributed by atoms with E-state index < -0.39 is 0 Å². The highest BCUT2D eigenvalue weighted by Gasteiger charge is 2.18. The zero-order chi connectivity index (χ0) is 17.8. The lowest BCUT2D eigenvalue weighted by Gasteiger charge is -2.18. The largest absolute Gasteiger partial charge is 0.342 e. The van der Waals surface area contributed by atoms with Crippen LogP contribution in [0.1, 0.15) is 28.8 Å². The van der Waals surface area contributed by atoms with Crippen LogP contribution >= 0.6 is 24.8 Å². The van der Waals surface area contributed by atoms with Crippen LogP contribution in [-0.4, -0.2) is 55.4 Å². The zero-order valence-corrected chi connectivity index (χ0v) is 17.0. The molecule has 2 heterocycles. The summed E-state index contributed by atoms with van der Waals surface area (Å²) in [6.07, 6.45) is 2.30. The highest BCUT2D eigenvalue weighted by atomic mass is 35.5. The summed E-state index contributed by atoms with van der Waals surface area (Å²) >= 11 is 0. The predicted octanol–water partition coefficient (Wildman–Crippen LogP) is 1.97. The van der Waals surface area contributed by atoms with Crippen LogP contribution in [0, 0.1) is 6.92 Å². The fraction of sp³-hybridized carbons (Fsp3) is 0.412. The molecular weight excluding hydrogens is 389 g/mol. The van der Waals surface area contributed by atoms with Gasteiger partial charge >= 0.3 is 0 Å². The molecule has 0 fully saturated rings. The number of aromatic nitrogens is 5. The van der Waals surface area contributed by atoms with Crippen molar-refractivity contribution in [3.8, 4) is 0 Å². The van der Waals surface area contributed by atoms with Crippen molar-refractivity contribution in [2.24, 2.45) is 5.73 Å². The number of likely N-dealkylation sites (N-methyl/N-ethyl adjacent to an activating group) is 1. The summed E-state index contributed by atoms with van der Waals surface area (Å²) in [5.41, 5.74) is 8.99. The first-order valence-electron chi connectivity index (χ1n) is 8.45. The molecule has 3 N–H and O–H groups in total. The molecule has 0 bridgehead atoms. The molecule has 148 valence electrons. The Labute approximate surface area is 170 Å².